The largest absolute Gasteiger partial charge is 0.339 e. The first-order valence-corrected chi connectivity index (χ1v) is 8.69. The number of carbonyl (C=O) groups excluding carboxylic acids is 1. The minimum Gasteiger partial charge on any atom is -0.339 e. The molecular formula is C17H21Cl3N4O. The molecule has 0 bridgehead atoms. The molecule has 25 heavy (non-hydrogen) atoms. The van der Waals surface area contributed by atoms with Gasteiger partial charge in [0.05, 0.1) is 10.0 Å². The van der Waals surface area contributed by atoms with Gasteiger partial charge in [-0.05, 0) is 49.7 Å². The maximum absolute atomic E-state index is 13.3. The second-order valence-corrected chi connectivity index (χ2v) is 6.96. The lowest BCUT2D eigenvalue weighted by Gasteiger charge is -2.39. The molecule has 1 aromatic heterocycles. The Bertz CT molecular complexity index is 715. The molecule has 1 aliphatic heterocycles. The molecule has 1 aromatic carbocycles. The summed E-state index contributed by atoms with van der Waals surface area (Å²) in [4.78, 5) is 15.0. The molecule has 1 N–H and O–H groups in total. The van der Waals surface area contributed by atoms with Crippen molar-refractivity contribution >= 4 is 41.5 Å². The molecule has 5 nitrogen and oxygen atoms in total. The van der Waals surface area contributed by atoms with E-state index in [2.05, 4.69) is 10.4 Å². The van der Waals surface area contributed by atoms with Crippen molar-refractivity contribution in [2.75, 3.05) is 20.1 Å². The molecule has 1 aliphatic rings. The van der Waals surface area contributed by atoms with Crippen LogP contribution in [-0.4, -0.2) is 40.7 Å². The van der Waals surface area contributed by atoms with E-state index in [1.54, 1.807) is 23.2 Å². The van der Waals surface area contributed by atoms with Crippen LogP contribution in [0.15, 0.2) is 36.7 Å². The normalized spacial score (nSPS) is 16.1. The lowest BCUT2D eigenvalue weighted by Crippen LogP contribution is -2.54. The molecule has 0 saturated carbocycles. The monoisotopic (exact) mass is 402 g/mol. The zero-order valence-corrected chi connectivity index (χ0v) is 16.2. The van der Waals surface area contributed by atoms with Gasteiger partial charge in [0.25, 0.3) is 5.91 Å². The number of rotatable bonds is 4. The molecule has 136 valence electrons. The number of piperidine rings is 1. The SMILES string of the molecule is CN(Cc1ccc(Cl)c(Cl)c1)C(=O)C1(n2cccn2)CCNCC1.Cl. The van der Waals surface area contributed by atoms with Gasteiger partial charge in [0.1, 0.15) is 5.54 Å². The number of likely N-dealkylation sites (N-methyl/N-ethyl adjacent to an activating group) is 1. The minimum atomic E-state index is -0.625. The van der Waals surface area contributed by atoms with Crippen LogP contribution in [0.4, 0.5) is 0 Å². The first-order valence-electron chi connectivity index (χ1n) is 7.93. The molecule has 8 heteroatoms. The molecule has 0 unspecified atom stereocenters. The minimum absolute atomic E-state index is 0. The molecule has 0 atom stereocenters. The zero-order chi connectivity index (χ0) is 17.2. The summed E-state index contributed by atoms with van der Waals surface area (Å²) in [5, 5.41) is 8.68. The van der Waals surface area contributed by atoms with Gasteiger partial charge in [-0.1, -0.05) is 29.3 Å². The first-order chi connectivity index (χ1) is 11.5. The second-order valence-electron chi connectivity index (χ2n) is 6.14. The van der Waals surface area contributed by atoms with E-state index in [0.717, 1.165) is 31.5 Å². The highest BCUT2D eigenvalue weighted by molar-refractivity contribution is 6.42. The summed E-state index contributed by atoms with van der Waals surface area (Å²) in [6, 6.07) is 7.30. The standard InChI is InChI=1S/C17H20Cl2N4O.ClH/c1-22(12-13-3-4-14(18)15(19)11-13)16(24)17(5-8-20-9-6-17)23-10-2-7-21-23;/h2-4,7,10-11,20H,5-6,8-9,12H2,1H3;1H. The molecule has 2 heterocycles. The Morgan fingerprint density at radius 3 is 2.64 bits per heavy atom. The van der Waals surface area contributed by atoms with Crippen molar-refractivity contribution in [1.29, 1.82) is 0 Å². The number of hydrogen-bond donors (Lipinski definition) is 1. The molecule has 2 aromatic rings. The molecule has 1 saturated heterocycles. The zero-order valence-electron chi connectivity index (χ0n) is 13.9. The van der Waals surface area contributed by atoms with Gasteiger partial charge in [0.2, 0.25) is 0 Å². The maximum Gasteiger partial charge on any atom is 0.250 e. The van der Waals surface area contributed by atoms with Gasteiger partial charge in [0, 0.05) is 26.0 Å². The van der Waals surface area contributed by atoms with Crippen molar-refractivity contribution in [3.05, 3.63) is 52.3 Å². The summed E-state index contributed by atoms with van der Waals surface area (Å²) in [5.74, 6) is 0.0683. The van der Waals surface area contributed by atoms with Crippen LogP contribution in [0.5, 0.6) is 0 Å². The number of hydrogen-bond acceptors (Lipinski definition) is 3. The second kappa shape index (κ2) is 8.41. The Labute approximate surface area is 163 Å². The number of nitrogens with zero attached hydrogens (tertiary/aromatic N) is 3. The van der Waals surface area contributed by atoms with E-state index in [0.29, 0.717) is 16.6 Å². The van der Waals surface area contributed by atoms with Gasteiger partial charge in [-0.3, -0.25) is 9.48 Å². The van der Waals surface area contributed by atoms with Crippen LogP contribution in [0.1, 0.15) is 18.4 Å². The van der Waals surface area contributed by atoms with Crippen molar-refractivity contribution < 1.29 is 4.79 Å². The van der Waals surface area contributed by atoms with Crippen molar-refractivity contribution in [2.24, 2.45) is 0 Å². The van der Waals surface area contributed by atoms with Crippen LogP contribution in [0.2, 0.25) is 10.0 Å². The average molecular weight is 404 g/mol. The quantitative estimate of drug-likeness (QED) is 0.852. The van der Waals surface area contributed by atoms with E-state index < -0.39 is 5.54 Å². The van der Waals surface area contributed by atoms with Crippen molar-refractivity contribution in [1.82, 2.24) is 20.0 Å². The molecule has 1 amide bonds. The van der Waals surface area contributed by atoms with Crippen LogP contribution in [0.3, 0.4) is 0 Å². The van der Waals surface area contributed by atoms with Crippen LogP contribution in [-0.2, 0) is 16.9 Å². The molecule has 0 spiro atoms. The van der Waals surface area contributed by atoms with Crippen LogP contribution in [0.25, 0.3) is 0 Å². The summed E-state index contributed by atoms with van der Waals surface area (Å²) in [5.41, 5.74) is 0.324. The lowest BCUT2D eigenvalue weighted by molar-refractivity contribution is -0.142. The number of benzene rings is 1. The summed E-state index contributed by atoms with van der Waals surface area (Å²) in [6.45, 7) is 2.07. The van der Waals surface area contributed by atoms with Gasteiger partial charge in [-0.2, -0.15) is 5.10 Å². The molecule has 1 fully saturated rings. The summed E-state index contributed by atoms with van der Waals surface area (Å²) < 4.78 is 1.81. The number of aromatic nitrogens is 2. The number of nitrogens with one attached hydrogen (secondary N) is 1. The molecule has 0 aliphatic carbocycles. The predicted molar refractivity (Wildman–Crippen MR) is 102 cm³/mol. The van der Waals surface area contributed by atoms with Gasteiger partial charge in [0.15, 0.2) is 0 Å². The number of amides is 1. The summed E-state index contributed by atoms with van der Waals surface area (Å²) in [6.07, 6.45) is 5.03. The van der Waals surface area contributed by atoms with Gasteiger partial charge in [-0.25, -0.2) is 0 Å². The highest BCUT2D eigenvalue weighted by Gasteiger charge is 2.43. The Hall–Kier alpha value is -1.27. The summed E-state index contributed by atoms with van der Waals surface area (Å²) >= 11 is 12.0. The van der Waals surface area contributed by atoms with E-state index in [1.165, 1.54) is 0 Å². The third-order valence-corrected chi connectivity index (χ3v) is 5.26. The van der Waals surface area contributed by atoms with Crippen LogP contribution in [0, 0.1) is 0 Å². The Morgan fingerprint density at radius 2 is 2.04 bits per heavy atom. The fourth-order valence-corrected chi connectivity index (χ4v) is 3.56. The van der Waals surface area contributed by atoms with Gasteiger partial charge in [-0.15, -0.1) is 12.4 Å². The average Bonchev–Trinajstić information content (AvgIpc) is 3.13. The fraction of sp³-hybridized carbons (Fsp3) is 0.412. The highest BCUT2D eigenvalue weighted by atomic mass is 35.5. The highest BCUT2D eigenvalue weighted by Crippen LogP contribution is 2.30. The topological polar surface area (TPSA) is 50.2 Å². The van der Waals surface area contributed by atoms with E-state index in [1.807, 2.05) is 30.1 Å². The summed E-state index contributed by atoms with van der Waals surface area (Å²) in [7, 11) is 1.82. The Morgan fingerprint density at radius 1 is 1.32 bits per heavy atom. The van der Waals surface area contributed by atoms with E-state index in [-0.39, 0.29) is 18.3 Å². The fourth-order valence-electron chi connectivity index (χ4n) is 3.24. The first kappa shape index (κ1) is 20.0. The lowest BCUT2D eigenvalue weighted by atomic mass is 9.86. The van der Waals surface area contributed by atoms with E-state index in [9.17, 15) is 4.79 Å². The molecule has 0 radical (unpaired) electrons. The Kier molecular flexibility index (Phi) is 6.74. The molecule has 3 rings (SSSR count). The molecular weight excluding hydrogens is 383 g/mol. The van der Waals surface area contributed by atoms with E-state index >= 15 is 0 Å². The Balaban J connectivity index is 0.00000225. The van der Waals surface area contributed by atoms with Gasteiger partial charge < -0.3 is 10.2 Å². The van der Waals surface area contributed by atoms with Crippen molar-refractivity contribution in [3.8, 4) is 0 Å². The number of halogens is 3. The smallest absolute Gasteiger partial charge is 0.250 e. The maximum atomic E-state index is 13.3. The van der Waals surface area contributed by atoms with Crippen LogP contribution < -0.4 is 5.32 Å². The van der Waals surface area contributed by atoms with Crippen molar-refractivity contribution in [2.45, 2.75) is 24.9 Å². The third-order valence-electron chi connectivity index (χ3n) is 4.52. The number of carbonyl (C=O) groups is 1. The van der Waals surface area contributed by atoms with Crippen LogP contribution >= 0.6 is 35.6 Å². The predicted octanol–water partition coefficient (Wildman–Crippen LogP) is 3.35. The van der Waals surface area contributed by atoms with Gasteiger partial charge >= 0.3 is 0 Å². The van der Waals surface area contributed by atoms with E-state index in [4.69, 9.17) is 23.2 Å². The third kappa shape index (κ3) is 4.11. The van der Waals surface area contributed by atoms with Crippen molar-refractivity contribution in [3.63, 3.8) is 0 Å².